The Bertz CT molecular complexity index is 1040. The normalized spacial score (nSPS) is 18.2. The molecule has 1 aliphatic heterocycles. The maximum Gasteiger partial charge on any atom is 0.294 e. The first-order chi connectivity index (χ1) is 14.0. The maximum atomic E-state index is 13.3. The van der Waals surface area contributed by atoms with Crippen LogP contribution in [-0.4, -0.2) is 17.9 Å². The van der Waals surface area contributed by atoms with Gasteiger partial charge in [-0.25, -0.2) is 0 Å². The lowest BCUT2D eigenvalue weighted by molar-refractivity contribution is -0.117. The number of rotatable bonds is 3. The molecule has 29 heavy (non-hydrogen) atoms. The van der Waals surface area contributed by atoms with E-state index in [4.69, 9.17) is 4.42 Å². The SMILES string of the molecule is CC(=O)N(c1ccccc1)[C@H]1C[C@@H](C)N(C(=O)c2occc2C)c2ccccc21. The number of fused-ring (bicyclic) bond motifs is 1. The standard InChI is InChI=1S/C24H24N2O3/c1-16-13-14-29-23(16)24(28)25-17(2)15-22(20-11-7-8-12-21(20)25)26(18(3)27)19-9-5-4-6-10-19/h4-14,17,22H,15H2,1-3H3/t17-,22+/m1/s1. The van der Waals surface area contributed by atoms with Crippen LogP contribution < -0.4 is 9.80 Å². The molecule has 0 bridgehead atoms. The minimum absolute atomic E-state index is 0.0233. The maximum absolute atomic E-state index is 13.3. The van der Waals surface area contributed by atoms with Gasteiger partial charge in [-0.15, -0.1) is 0 Å². The van der Waals surface area contributed by atoms with Crippen molar-refractivity contribution < 1.29 is 14.0 Å². The first-order valence-corrected chi connectivity index (χ1v) is 9.80. The number of para-hydroxylation sites is 2. The van der Waals surface area contributed by atoms with E-state index >= 15 is 0 Å². The van der Waals surface area contributed by atoms with Crippen molar-refractivity contribution in [2.75, 3.05) is 9.80 Å². The van der Waals surface area contributed by atoms with Gasteiger partial charge in [0.15, 0.2) is 5.76 Å². The third kappa shape index (κ3) is 3.33. The number of anilines is 2. The summed E-state index contributed by atoms with van der Waals surface area (Å²) in [5, 5.41) is 0. The van der Waals surface area contributed by atoms with E-state index in [1.54, 1.807) is 24.2 Å². The second kappa shape index (κ2) is 7.59. The summed E-state index contributed by atoms with van der Waals surface area (Å²) in [6.45, 7) is 5.47. The van der Waals surface area contributed by atoms with Gasteiger partial charge in [-0.3, -0.25) is 9.59 Å². The molecule has 0 spiro atoms. The zero-order valence-electron chi connectivity index (χ0n) is 16.8. The third-order valence-electron chi connectivity index (χ3n) is 5.52. The van der Waals surface area contributed by atoms with Crippen molar-refractivity contribution >= 4 is 23.2 Å². The number of benzene rings is 2. The zero-order valence-corrected chi connectivity index (χ0v) is 16.8. The molecule has 3 aromatic rings. The van der Waals surface area contributed by atoms with Gasteiger partial charge in [-0.1, -0.05) is 36.4 Å². The smallest absolute Gasteiger partial charge is 0.294 e. The lowest BCUT2D eigenvalue weighted by Crippen LogP contribution is -2.47. The van der Waals surface area contributed by atoms with E-state index in [9.17, 15) is 9.59 Å². The zero-order chi connectivity index (χ0) is 20.5. The highest BCUT2D eigenvalue weighted by Gasteiger charge is 2.38. The molecule has 2 aromatic carbocycles. The van der Waals surface area contributed by atoms with Crippen LogP contribution in [0.5, 0.6) is 0 Å². The number of furan rings is 1. The van der Waals surface area contributed by atoms with Crippen LogP contribution in [-0.2, 0) is 4.79 Å². The fourth-order valence-corrected chi connectivity index (χ4v) is 4.21. The average Bonchev–Trinajstić information content (AvgIpc) is 3.14. The van der Waals surface area contributed by atoms with Crippen LogP contribution in [0.25, 0.3) is 0 Å². The molecule has 4 rings (SSSR count). The molecular formula is C24H24N2O3. The fourth-order valence-electron chi connectivity index (χ4n) is 4.21. The van der Waals surface area contributed by atoms with Crippen molar-refractivity contribution in [1.82, 2.24) is 0 Å². The summed E-state index contributed by atoms with van der Waals surface area (Å²) in [5.41, 5.74) is 3.45. The van der Waals surface area contributed by atoms with Gasteiger partial charge in [0.2, 0.25) is 5.91 Å². The summed E-state index contributed by atoms with van der Waals surface area (Å²) in [7, 11) is 0. The number of carbonyl (C=O) groups is 2. The van der Waals surface area contributed by atoms with E-state index in [0.717, 1.165) is 22.5 Å². The van der Waals surface area contributed by atoms with E-state index in [0.29, 0.717) is 12.2 Å². The van der Waals surface area contributed by atoms with Gasteiger partial charge < -0.3 is 14.2 Å². The summed E-state index contributed by atoms with van der Waals surface area (Å²) in [6.07, 6.45) is 2.18. The average molecular weight is 388 g/mol. The monoisotopic (exact) mass is 388 g/mol. The summed E-state index contributed by atoms with van der Waals surface area (Å²) < 4.78 is 5.47. The predicted molar refractivity (Wildman–Crippen MR) is 113 cm³/mol. The summed E-state index contributed by atoms with van der Waals surface area (Å²) >= 11 is 0. The predicted octanol–water partition coefficient (Wildman–Crippen LogP) is 5.12. The van der Waals surface area contributed by atoms with Gasteiger partial charge in [0.25, 0.3) is 5.91 Å². The molecule has 0 N–H and O–H groups in total. The van der Waals surface area contributed by atoms with Crippen LogP contribution in [0.15, 0.2) is 71.3 Å². The Labute approximate surface area is 170 Å². The molecule has 5 heteroatoms. The van der Waals surface area contributed by atoms with Crippen molar-refractivity contribution in [3.63, 3.8) is 0 Å². The van der Waals surface area contributed by atoms with Gasteiger partial charge in [0, 0.05) is 29.9 Å². The Kier molecular flexibility index (Phi) is 4.97. The Morgan fingerprint density at radius 3 is 2.38 bits per heavy atom. The molecule has 2 atom stereocenters. The highest BCUT2D eigenvalue weighted by Crippen LogP contribution is 2.42. The highest BCUT2D eigenvalue weighted by molar-refractivity contribution is 6.06. The first kappa shape index (κ1) is 19.0. The van der Waals surface area contributed by atoms with Crippen molar-refractivity contribution in [3.8, 4) is 0 Å². The minimum Gasteiger partial charge on any atom is -0.459 e. The molecule has 1 aliphatic rings. The van der Waals surface area contributed by atoms with Crippen molar-refractivity contribution in [1.29, 1.82) is 0 Å². The highest BCUT2D eigenvalue weighted by atomic mass is 16.3. The Balaban J connectivity index is 1.80. The van der Waals surface area contributed by atoms with Gasteiger partial charge in [-0.2, -0.15) is 0 Å². The van der Waals surface area contributed by atoms with E-state index in [1.807, 2.05) is 73.3 Å². The largest absolute Gasteiger partial charge is 0.459 e. The van der Waals surface area contributed by atoms with Crippen LogP contribution in [0.2, 0.25) is 0 Å². The van der Waals surface area contributed by atoms with Crippen molar-refractivity contribution in [2.45, 2.75) is 39.3 Å². The van der Waals surface area contributed by atoms with Gasteiger partial charge in [0.1, 0.15) is 0 Å². The molecule has 0 aliphatic carbocycles. The molecule has 2 amide bonds. The lowest BCUT2D eigenvalue weighted by Gasteiger charge is -2.43. The number of aryl methyl sites for hydroxylation is 1. The topological polar surface area (TPSA) is 53.8 Å². The molecule has 0 fully saturated rings. The molecule has 0 radical (unpaired) electrons. The van der Waals surface area contributed by atoms with Crippen molar-refractivity contribution in [3.05, 3.63) is 83.8 Å². The van der Waals surface area contributed by atoms with E-state index < -0.39 is 0 Å². The summed E-state index contributed by atoms with van der Waals surface area (Å²) in [4.78, 5) is 29.5. The third-order valence-corrected chi connectivity index (χ3v) is 5.52. The number of carbonyl (C=O) groups excluding carboxylic acids is 2. The molecule has 5 nitrogen and oxygen atoms in total. The molecule has 2 heterocycles. The Hall–Kier alpha value is -3.34. The molecule has 0 saturated carbocycles. The van der Waals surface area contributed by atoms with Crippen molar-refractivity contribution in [2.24, 2.45) is 0 Å². The minimum atomic E-state index is -0.153. The second-order valence-electron chi connectivity index (χ2n) is 7.49. The van der Waals surface area contributed by atoms with Gasteiger partial charge in [0.05, 0.1) is 12.3 Å². The van der Waals surface area contributed by atoms with E-state index in [-0.39, 0.29) is 23.9 Å². The number of nitrogens with zero attached hydrogens (tertiary/aromatic N) is 2. The Morgan fingerprint density at radius 1 is 1.03 bits per heavy atom. The van der Waals surface area contributed by atoms with Crippen LogP contribution in [0.4, 0.5) is 11.4 Å². The molecule has 1 aromatic heterocycles. The molecular weight excluding hydrogens is 364 g/mol. The first-order valence-electron chi connectivity index (χ1n) is 9.80. The van der Waals surface area contributed by atoms with Crippen LogP contribution in [0.1, 0.15) is 48.0 Å². The number of amides is 2. The number of hydrogen-bond acceptors (Lipinski definition) is 3. The van der Waals surface area contributed by atoms with Crippen LogP contribution in [0, 0.1) is 6.92 Å². The lowest BCUT2D eigenvalue weighted by atomic mass is 9.89. The van der Waals surface area contributed by atoms with E-state index in [2.05, 4.69) is 0 Å². The summed E-state index contributed by atoms with van der Waals surface area (Å²) in [5.74, 6) is 0.182. The Morgan fingerprint density at radius 2 is 1.72 bits per heavy atom. The van der Waals surface area contributed by atoms with E-state index in [1.165, 1.54) is 0 Å². The second-order valence-corrected chi connectivity index (χ2v) is 7.49. The van der Waals surface area contributed by atoms with Gasteiger partial charge >= 0.3 is 0 Å². The van der Waals surface area contributed by atoms with Gasteiger partial charge in [-0.05, 0) is 50.1 Å². The molecule has 0 saturated heterocycles. The molecule has 0 unspecified atom stereocenters. The summed E-state index contributed by atoms with van der Waals surface area (Å²) in [6, 6.07) is 19.0. The van der Waals surface area contributed by atoms with Crippen LogP contribution >= 0.6 is 0 Å². The van der Waals surface area contributed by atoms with Crippen LogP contribution in [0.3, 0.4) is 0 Å². The molecule has 148 valence electrons. The fraction of sp³-hybridized carbons (Fsp3) is 0.250. The quantitative estimate of drug-likeness (QED) is 0.626. The number of hydrogen-bond donors (Lipinski definition) is 0.